The molecule has 0 radical (unpaired) electrons. The number of rotatable bonds is 3. The van der Waals surface area contributed by atoms with Crippen LogP contribution in [-0.4, -0.2) is 6.54 Å². The van der Waals surface area contributed by atoms with E-state index in [9.17, 15) is 8.78 Å². The topological polar surface area (TPSA) is 26.0 Å². The van der Waals surface area contributed by atoms with Crippen molar-refractivity contribution in [2.45, 2.75) is 5.92 Å². The first-order valence-electron chi connectivity index (χ1n) is 5.42. The van der Waals surface area contributed by atoms with Gasteiger partial charge in [0.2, 0.25) is 0 Å². The van der Waals surface area contributed by atoms with Gasteiger partial charge < -0.3 is 5.73 Å². The van der Waals surface area contributed by atoms with Gasteiger partial charge in [-0.1, -0.05) is 36.4 Å². The molecule has 2 aromatic carbocycles. The molecule has 0 heterocycles. The lowest BCUT2D eigenvalue weighted by atomic mass is 9.91. The van der Waals surface area contributed by atoms with Gasteiger partial charge in [-0.25, -0.2) is 8.78 Å². The van der Waals surface area contributed by atoms with Crippen molar-refractivity contribution in [1.29, 1.82) is 0 Å². The predicted octanol–water partition coefficient (Wildman–Crippen LogP) is 3.06. The van der Waals surface area contributed by atoms with Crippen LogP contribution in [0.2, 0.25) is 0 Å². The molecule has 0 aliphatic rings. The normalized spacial score (nSPS) is 12.4. The van der Waals surface area contributed by atoms with Gasteiger partial charge in [0.15, 0.2) is 11.6 Å². The van der Waals surface area contributed by atoms with Gasteiger partial charge in [0.25, 0.3) is 0 Å². The van der Waals surface area contributed by atoms with Crippen molar-refractivity contribution < 1.29 is 8.78 Å². The maximum Gasteiger partial charge on any atom is 0.159 e. The molecule has 0 aliphatic carbocycles. The zero-order valence-corrected chi connectivity index (χ0v) is 9.24. The van der Waals surface area contributed by atoms with E-state index in [0.29, 0.717) is 12.1 Å². The lowest BCUT2D eigenvalue weighted by molar-refractivity contribution is 0.506. The van der Waals surface area contributed by atoms with Crippen LogP contribution in [0.15, 0.2) is 48.5 Å². The highest BCUT2D eigenvalue weighted by molar-refractivity contribution is 5.33. The Labute approximate surface area is 98.9 Å². The molecule has 0 saturated carbocycles. The second kappa shape index (κ2) is 5.06. The number of nitrogens with two attached hydrogens (primary N) is 1. The van der Waals surface area contributed by atoms with E-state index in [4.69, 9.17) is 5.73 Å². The fraction of sp³-hybridized carbons (Fsp3) is 0.143. The first-order valence-corrected chi connectivity index (χ1v) is 5.42. The Balaban J connectivity index is 2.39. The number of halogens is 2. The molecule has 2 N–H and O–H groups in total. The summed E-state index contributed by atoms with van der Waals surface area (Å²) in [4.78, 5) is 0. The van der Waals surface area contributed by atoms with Gasteiger partial charge >= 0.3 is 0 Å². The zero-order chi connectivity index (χ0) is 12.3. The highest BCUT2D eigenvalue weighted by atomic mass is 19.2. The van der Waals surface area contributed by atoms with Gasteiger partial charge in [0.05, 0.1) is 0 Å². The minimum atomic E-state index is -0.836. The van der Waals surface area contributed by atoms with Crippen LogP contribution in [0.1, 0.15) is 17.0 Å². The summed E-state index contributed by atoms with van der Waals surface area (Å²) in [6.07, 6.45) is 0. The molecule has 2 rings (SSSR count). The molecule has 2 aromatic rings. The van der Waals surface area contributed by atoms with E-state index in [-0.39, 0.29) is 5.92 Å². The van der Waals surface area contributed by atoms with Gasteiger partial charge in [0, 0.05) is 12.5 Å². The Morgan fingerprint density at radius 1 is 0.882 bits per heavy atom. The van der Waals surface area contributed by atoms with Crippen molar-refractivity contribution >= 4 is 0 Å². The molecule has 0 spiro atoms. The molecule has 0 amide bonds. The fourth-order valence-corrected chi connectivity index (χ4v) is 1.88. The van der Waals surface area contributed by atoms with E-state index in [1.807, 2.05) is 30.3 Å². The molecule has 1 nitrogen and oxygen atoms in total. The van der Waals surface area contributed by atoms with E-state index >= 15 is 0 Å². The molecule has 0 aliphatic heterocycles. The van der Waals surface area contributed by atoms with Gasteiger partial charge in [-0.2, -0.15) is 0 Å². The summed E-state index contributed by atoms with van der Waals surface area (Å²) in [5, 5.41) is 0. The second-order valence-electron chi connectivity index (χ2n) is 3.87. The van der Waals surface area contributed by atoms with Crippen LogP contribution < -0.4 is 5.73 Å². The molecule has 88 valence electrons. The maximum atomic E-state index is 13.2. The minimum absolute atomic E-state index is 0.105. The average molecular weight is 233 g/mol. The van der Waals surface area contributed by atoms with Gasteiger partial charge in [-0.3, -0.25) is 0 Å². The number of hydrogen-bond donors (Lipinski definition) is 1. The molecular formula is C14H13F2N. The van der Waals surface area contributed by atoms with Crippen LogP contribution in [-0.2, 0) is 0 Å². The predicted molar refractivity (Wildman–Crippen MR) is 63.7 cm³/mol. The zero-order valence-electron chi connectivity index (χ0n) is 9.24. The van der Waals surface area contributed by atoms with Gasteiger partial charge in [0.1, 0.15) is 0 Å². The lowest BCUT2D eigenvalue weighted by Crippen LogP contribution is -2.14. The molecule has 3 heteroatoms. The Morgan fingerprint density at radius 3 is 2.18 bits per heavy atom. The van der Waals surface area contributed by atoms with Crippen molar-refractivity contribution in [2.24, 2.45) is 5.73 Å². The van der Waals surface area contributed by atoms with Crippen molar-refractivity contribution in [1.82, 2.24) is 0 Å². The van der Waals surface area contributed by atoms with E-state index < -0.39 is 11.6 Å². The summed E-state index contributed by atoms with van der Waals surface area (Å²) >= 11 is 0. The Kier molecular flexibility index (Phi) is 3.49. The number of benzene rings is 2. The molecule has 0 aromatic heterocycles. The molecule has 17 heavy (non-hydrogen) atoms. The van der Waals surface area contributed by atoms with Crippen molar-refractivity contribution in [3.63, 3.8) is 0 Å². The van der Waals surface area contributed by atoms with Crippen LogP contribution >= 0.6 is 0 Å². The summed E-state index contributed by atoms with van der Waals surface area (Å²) in [5.74, 6) is -1.78. The Bertz CT molecular complexity index is 497. The van der Waals surface area contributed by atoms with E-state index in [0.717, 1.165) is 11.6 Å². The third-order valence-electron chi connectivity index (χ3n) is 2.78. The largest absolute Gasteiger partial charge is 0.330 e. The standard InChI is InChI=1S/C14H13F2N/c15-13-7-6-11(8-14(13)16)12(9-17)10-4-2-1-3-5-10/h1-8,12H,9,17H2. The van der Waals surface area contributed by atoms with Crippen LogP contribution in [0.3, 0.4) is 0 Å². The molecule has 1 atom stereocenters. The van der Waals surface area contributed by atoms with Crippen LogP contribution in [0.5, 0.6) is 0 Å². The minimum Gasteiger partial charge on any atom is -0.330 e. The van der Waals surface area contributed by atoms with Gasteiger partial charge in [-0.05, 0) is 23.3 Å². The Hall–Kier alpha value is -1.74. The summed E-state index contributed by atoms with van der Waals surface area (Å²) < 4.78 is 26.0. The smallest absolute Gasteiger partial charge is 0.159 e. The quantitative estimate of drug-likeness (QED) is 0.866. The van der Waals surface area contributed by atoms with Crippen molar-refractivity contribution in [2.75, 3.05) is 6.54 Å². The summed E-state index contributed by atoms with van der Waals surface area (Å²) in [7, 11) is 0. The lowest BCUT2D eigenvalue weighted by Gasteiger charge is -2.15. The number of hydrogen-bond acceptors (Lipinski definition) is 1. The first-order chi connectivity index (χ1) is 8.22. The molecular weight excluding hydrogens is 220 g/mol. The summed E-state index contributed by atoms with van der Waals surface area (Å²) in [6.45, 7) is 0.356. The van der Waals surface area contributed by atoms with Crippen molar-refractivity contribution in [3.05, 3.63) is 71.3 Å². The van der Waals surface area contributed by atoms with E-state index in [1.54, 1.807) is 6.07 Å². The van der Waals surface area contributed by atoms with Crippen molar-refractivity contribution in [3.8, 4) is 0 Å². The van der Waals surface area contributed by atoms with Crippen LogP contribution in [0.4, 0.5) is 8.78 Å². The molecule has 0 saturated heterocycles. The third-order valence-corrected chi connectivity index (χ3v) is 2.78. The SMILES string of the molecule is NCC(c1ccccc1)c1ccc(F)c(F)c1. The average Bonchev–Trinajstić information content (AvgIpc) is 2.36. The second-order valence-corrected chi connectivity index (χ2v) is 3.87. The Morgan fingerprint density at radius 2 is 1.59 bits per heavy atom. The van der Waals surface area contributed by atoms with Crippen LogP contribution in [0.25, 0.3) is 0 Å². The summed E-state index contributed by atoms with van der Waals surface area (Å²) in [5.41, 5.74) is 7.40. The van der Waals surface area contributed by atoms with Gasteiger partial charge in [-0.15, -0.1) is 0 Å². The third kappa shape index (κ3) is 2.50. The molecule has 0 bridgehead atoms. The van der Waals surface area contributed by atoms with E-state index in [2.05, 4.69) is 0 Å². The highest BCUT2D eigenvalue weighted by Crippen LogP contribution is 2.24. The maximum absolute atomic E-state index is 13.2. The first kappa shape index (κ1) is 11.7. The molecule has 1 unspecified atom stereocenters. The molecule has 0 fully saturated rings. The highest BCUT2D eigenvalue weighted by Gasteiger charge is 2.14. The summed E-state index contributed by atoms with van der Waals surface area (Å²) in [6, 6.07) is 13.5. The van der Waals surface area contributed by atoms with E-state index in [1.165, 1.54) is 6.07 Å². The monoisotopic (exact) mass is 233 g/mol. The fourth-order valence-electron chi connectivity index (χ4n) is 1.88. The van der Waals surface area contributed by atoms with Crippen LogP contribution in [0, 0.1) is 11.6 Å².